The minimum atomic E-state index is -0.125. The van der Waals surface area contributed by atoms with Gasteiger partial charge in [0.25, 0.3) is 0 Å². The van der Waals surface area contributed by atoms with Gasteiger partial charge in [-0.2, -0.15) is 0 Å². The second-order valence-corrected chi connectivity index (χ2v) is 5.32. The highest BCUT2D eigenvalue weighted by molar-refractivity contribution is 5.77. The first kappa shape index (κ1) is 12.5. The molecule has 1 atom stereocenters. The third-order valence-corrected chi connectivity index (χ3v) is 3.32. The third-order valence-electron chi connectivity index (χ3n) is 3.32. The number of nitrogens with two attached hydrogens (primary N) is 1. The predicted molar refractivity (Wildman–Crippen MR) is 61.0 cm³/mol. The largest absolute Gasteiger partial charge is 0.295 e. The maximum Gasteiger partial charge on any atom is 0.236 e. The summed E-state index contributed by atoms with van der Waals surface area (Å²) in [5, 5.41) is 0. The molecule has 0 spiro atoms. The van der Waals surface area contributed by atoms with Gasteiger partial charge < -0.3 is 0 Å². The summed E-state index contributed by atoms with van der Waals surface area (Å²) in [4.78, 5) is 12.9. The van der Waals surface area contributed by atoms with Crippen molar-refractivity contribution in [3.63, 3.8) is 0 Å². The van der Waals surface area contributed by atoms with Gasteiger partial charge in [0.15, 0.2) is 0 Å². The van der Waals surface area contributed by atoms with Crippen LogP contribution in [0.3, 0.4) is 0 Å². The number of hydrogen-bond acceptors (Lipinski definition) is 3. The summed E-state index contributed by atoms with van der Waals surface area (Å²) in [5.41, 5.74) is 2.60. The number of carbonyl (C=O) groups excluding carboxylic acids is 1. The molecule has 4 nitrogen and oxygen atoms in total. The number of carbonyl (C=O) groups is 1. The minimum absolute atomic E-state index is 0.00926. The molecule has 2 saturated heterocycles. The Morgan fingerprint density at radius 2 is 2.13 bits per heavy atom. The second-order valence-electron chi connectivity index (χ2n) is 5.32. The molecule has 0 radical (unpaired) electrons. The van der Waals surface area contributed by atoms with Crippen LogP contribution in [0.15, 0.2) is 0 Å². The Morgan fingerprint density at radius 1 is 1.53 bits per heavy atom. The number of nitrogens with one attached hydrogen (secondary N) is 1. The van der Waals surface area contributed by atoms with Crippen molar-refractivity contribution in [2.45, 2.75) is 52.1 Å². The van der Waals surface area contributed by atoms with Crippen molar-refractivity contribution >= 4 is 5.91 Å². The zero-order valence-electron chi connectivity index (χ0n) is 10.2. The number of hydrazine groups is 1. The summed E-state index contributed by atoms with van der Waals surface area (Å²) >= 11 is 0. The lowest BCUT2D eigenvalue weighted by molar-refractivity contribution is -0.124. The van der Waals surface area contributed by atoms with E-state index in [1.807, 2.05) is 5.43 Å². The molecule has 1 unspecified atom stereocenters. The van der Waals surface area contributed by atoms with Gasteiger partial charge in [-0.15, -0.1) is 0 Å². The van der Waals surface area contributed by atoms with Gasteiger partial charge in [-0.1, -0.05) is 13.8 Å². The molecule has 15 heavy (non-hydrogen) atoms. The van der Waals surface area contributed by atoms with Crippen molar-refractivity contribution in [1.29, 1.82) is 0 Å². The fourth-order valence-electron chi connectivity index (χ4n) is 2.20. The van der Waals surface area contributed by atoms with E-state index in [4.69, 9.17) is 5.84 Å². The molecule has 2 aliphatic rings. The quantitative estimate of drug-likeness (QED) is 0.386. The van der Waals surface area contributed by atoms with E-state index < -0.39 is 0 Å². The van der Waals surface area contributed by atoms with Gasteiger partial charge in [-0.3, -0.25) is 15.1 Å². The molecule has 2 rings (SSSR count). The molecule has 2 fully saturated rings. The first-order valence-electron chi connectivity index (χ1n) is 5.65. The molecule has 1 amide bonds. The predicted octanol–water partition coefficient (Wildman–Crippen LogP) is 0.875. The standard InChI is InChI=1S/C7H13N.C4H10N2O/c1-7(2)5-6-3-4-8(6)7;1-3(2)4(7)6-5/h6H,3-5H2,1-2H3;3H,5H2,1-2H3,(H,6,7). The Morgan fingerprint density at radius 3 is 2.13 bits per heavy atom. The Bertz CT molecular complexity index is 238. The first-order valence-corrected chi connectivity index (χ1v) is 5.65. The number of rotatable bonds is 1. The van der Waals surface area contributed by atoms with Crippen LogP contribution in [-0.4, -0.2) is 28.9 Å². The van der Waals surface area contributed by atoms with E-state index in [2.05, 4.69) is 18.7 Å². The molecule has 0 aromatic carbocycles. The van der Waals surface area contributed by atoms with Crippen molar-refractivity contribution in [2.24, 2.45) is 11.8 Å². The van der Waals surface area contributed by atoms with Crippen molar-refractivity contribution in [1.82, 2.24) is 10.3 Å². The summed E-state index contributed by atoms with van der Waals surface area (Å²) in [7, 11) is 0. The number of hydrogen-bond donors (Lipinski definition) is 2. The van der Waals surface area contributed by atoms with E-state index in [1.54, 1.807) is 13.8 Å². The number of piperidine rings is 1. The molecule has 2 aliphatic heterocycles. The molecular weight excluding hydrogens is 190 g/mol. The average Bonchev–Trinajstić information content (AvgIpc) is 2.12. The molecule has 3 N–H and O–H groups in total. The van der Waals surface area contributed by atoms with Crippen LogP contribution in [0.5, 0.6) is 0 Å². The van der Waals surface area contributed by atoms with E-state index in [-0.39, 0.29) is 11.8 Å². The second kappa shape index (κ2) is 4.49. The fourth-order valence-corrected chi connectivity index (χ4v) is 2.20. The van der Waals surface area contributed by atoms with Crippen molar-refractivity contribution in [3.05, 3.63) is 0 Å². The minimum Gasteiger partial charge on any atom is -0.295 e. The lowest BCUT2D eigenvalue weighted by atomic mass is 9.74. The Balaban J connectivity index is 0.000000153. The van der Waals surface area contributed by atoms with Crippen LogP contribution in [0.2, 0.25) is 0 Å². The number of fused-ring (bicyclic) bond motifs is 1. The lowest BCUT2D eigenvalue weighted by Crippen LogP contribution is -2.69. The van der Waals surface area contributed by atoms with Crippen molar-refractivity contribution in [3.8, 4) is 0 Å². The molecule has 4 heteroatoms. The van der Waals surface area contributed by atoms with Gasteiger partial charge in [-0.25, -0.2) is 5.84 Å². The summed E-state index contributed by atoms with van der Waals surface area (Å²) in [6.45, 7) is 9.59. The average molecular weight is 213 g/mol. The highest BCUT2D eigenvalue weighted by Gasteiger charge is 2.49. The van der Waals surface area contributed by atoms with Gasteiger partial charge in [-0.05, 0) is 26.7 Å². The van der Waals surface area contributed by atoms with Crippen molar-refractivity contribution < 1.29 is 4.79 Å². The zero-order valence-corrected chi connectivity index (χ0v) is 10.2. The van der Waals surface area contributed by atoms with Crippen LogP contribution in [0, 0.1) is 5.92 Å². The van der Waals surface area contributed by atoms with E-state index in [9.17, 15) is 4.79 Å². The summed E-state index contributed by atoms with van der Waals surface area (Å²) in [6, 6.07) is 0.991. The molecule has 0 aromatic rings. The van der Waals surface area contributed by atoms with Crippen LogP contribution in [0.25, 0.3) is 0 Å². The highest BCUT2D eigenvalue weighted by Crippen LogP contribution is 2.43. The van der Waals surface area contributed by atoms with E-state index >= 15 is 0 Å². The fraction of sp³-hybridized carbons (Fsp3) is 0.909. The van der Waals surface area contributed by atoms with E-state index in [0.29, 0.717) is 5.54 Å². The Kier molecular flexibility index (Phi) is 3.73. The smallest absolute Gasteiger partial charge is 0.236 e. The van der Waals surface area contributed by atoms with Crippen LogP contribution in [0.1, 0.15) is 40.5 Å². The normalized spacial score (nSPS) is 26.7. The molecule has 0 aromatic heterocycles. The van der Waals surface area contributed by atoms with Gasteiger partial charge in [0.05, 0.1) is 0 Å². The summed E-state index contributed by atoms with van der Waals surface area (Å²) in [5.74, 6) is 4.64. The van der Waals surface area contributed by atoms with E-state index in [0.717, 1.165) is 6.04 Å². The van der Waals surface area contributed by atoms with Crippen LogP contribution in [-0.2, 0) is 4.79 Å². The van der Waals surface area contributed by atoms with Gasteiger partial charge in [0.2, 0.25) is 5.91 Å². The molecule has 88 valence electrons. The van der Waals surface area contributed by atoms with Crippen LogP contribution >= 0.6 is 0 Å². The number of amides is 1. The maximum atomic E-state index is 10.3. The van der Waals surface area contributed by atoms with Crippen LogP contribution < -0.4 is 11.3 Å². The molecule has 2 heterocycles. The third kappa shape index (κ3) is 2.69. The van der Waals surface area contributed by atoms with E-state index in [1.165, 1.54) is 19.4 Å². The number of nitrogens with zero attached hydrogens (tertiary/aromatic N) is 1. The first-order chi connectivity index (χ1) is 6.88. The SMILES string of the molecule is CC(C)C(=O)NN.CC1(C)CC2CCN21. The lowest BCUT2D eigenvalue weighted by Gasteiger charge is -2.62. The summed E-state index contributed by atoms with van der Waals surface area (Å²) < 4.78 is 0. The molecular formula is C11H23N3O. The highest BCUT2D eigenvalue weighted by atomic mass is 16.2. The van der Waals surface area contributed by atoms with Gasteiger partial charge >= 0.3 is 0 Å². The molecule has 0 saturated carbocycles. The molecule has 0 aliphatic carbocycles. The van der Waals surface area contributed by atoms with Gasteiger partial charge in [0, 0.05) is 24.0 Å². The monoisotopic (exact) mass is 213 g/mol. The van der Waals surface area contributed by atoms with Gasteiger partial charge in [0.1, 0.15) is 0 Å². The zero-order chi connectivity index (χ0) is 11.6. The molecule has 0 bridgehead atoms. The topological polar surface area (TPSA) is 58.4 Å². The van der Waals surface area contributed by atoms with Crippen LogP contribution in [0.4, 0.5) is 0 Å². The Labute approximate surface area is 92.2 Å². The van der Waals surface area contributed by atoms with Crippen molar-refractivity contribution in [2.75, 3.05) is 6.54 Å². The Hall–Kier alpha value is -0.610. The maximum absolute atomic E-state index is 10.3. The summed E-state index contributed by atoms with van der Waals surface area (Å²) in [6.07, 6.45) is 2.90.